The predicted molar refractivity (Wildman–Crippen MR) is 47.7 cm³/mol. The normalized spacial score (nSPS) is 10.2. The minimum Gasteiger partial charge on any atom is -0.453 e. The summed E-state index contributed by atoms with van der Waals surface area (Å²) in [6.45, 7) is 5.99. The summed E-state index contributed by atoms with van der Waals surface area (Å²) < 4.78 is 4.58. The molecule has 3 heteroatoms. The summed E-state index contributed by atoms with van der Waals surface area (Å²) >= 11 is 0. The summed E-state index contributed by atoms with van der Waals surface area (Å²) in [5.41, 5.74) is -0.292. The molecule has 12 heavy (non-hydrogen) atoms. The van der Waals surface area contributed by atoms with E-state index in [1.54, 1.807) is 0 Å². The Morgan fingerprint density at radius 3 is 2.33 bits per heavy atom. The SMILES string of the molecule is C#CCN(C(=O)OC)C(C)(C)C. The van der Waals surface area contributed by atoms with Gasteiger partial charge in [0.2, 0.25) is 0 Å². The van der Waals surface area contributed by atoms with Crippen LogP contribution in [0.15, 0.2) is 0 Å². The second kappa shape index (κ2) is 4.01. The Kier molecular flexibility index (Phi) is 3.62. The fourth-order valence-corrected chi connectivity index (χ4v) is 0.777. The second-order valence-electron chi connectivity index (χ2n) is 3.43. The lowest BCUT2D eigenvalue weighted by atomic mass is 10.1. The van der Waals surface area contributed by atoms with E-state index in [9.17, 15) is 4.79 Å². The Morgan fingerprint density at radius 2 is 2.08 bits per heavy atom. The van der Waals surface area contributed by atoms with Gasteiger partial charge in [-0.3, -0.25) is 4.90 Å². The van der Waals surface area contributed by atoms with Crippen LogP contribution in [0.4, 0.5) is 4.79 Å². The Bertz CT molecular complexity index is 198. The van der Waals surface area contributed by atoms with Crippen LogP contribution in [0.1, 0.15) is 20.8 Å². The van der Waals surface area contributed by atoms with Crippen molar-refractivity contribution in [1.82, 2.24) is 4.90 Å². The van der Waals surface area contributed by atoms with Gasteiger partial charge in [0.25, 0.3) is 0 Å². The van der Waals surface area contributed by atoms with Crippen molar-refractivity contribution < 1.29 is 9.53 Å². The number of hydrogen-bond acceptors (Lipinski definition) is 2. The molecule has 68 valence electrons. The molecule has 3 nitrogen and oxygen atoms in total. The highest BCUT2D eigenvalue weighted by Crippen LogP contribution is 2.13. The standard InChI is InChI=1S/C9H15NO2/c1-6-7-10(8(11)12-5)9(2,3)4/h1H,7H2,2-5H3. The van der Waals surface area contributed by atoms with E-state index in [0.717, 1.165) is 0 Å². The smallest absolute Gasteiger partial charge is 0.410 e. The summed E-state index contributed by atoms with van der Waals surface area (Å²) in [7, 11) is 1.34. The molecule has 0 saturated heterocycles. The molecule has 0 N–H and O–H groups in total. The summed E-state index contributed by atoms with van der Waals surface area (Å²) in [5.74, 6) is 2.41. The molecule has 1 amide bonds. The number of nitrogens with zero attached hydrogens (tertiary/aromatic N) is 1. The highest BCUT2D eigenvalue weighted by molar-refractivity contribution is 5.68. The van der Waals surface area contributed by atoms with Crippen LogP contribution < -0.4 is 0 Å². The molecular weight excluding hydrogens is 154 g/mol. The average Bonchev–Trinajstić information content (AvgIpc) is 1.96. The number of terminal acetylenes is 1. The molecular formula is C9H15NO2. The van der Waals surface area contributed by atoms with E-state index in [1.807, 2.05) is 20.8 Å². The van der Waals surface area contributed by atoms with Crippen LogP contribution in [0, 0.1) is 12.3 Å². The highest BCUT2D eigenvalue weighted by atomic mass is 16.5. The molecule has 0 spiro atoms. The van der Waals surface area contributed by atoms with Crippen LogP contribution in [0.3, 0.4) is 0 Å². The van der Waals surface area contributed by atoms with Crippen LogP contribution in [0.5, 0.6) is 0 Å². The zero-order valence-electron chi connectivity index (χ0n) is 8.05. The van der Waals surface area contributed by atoms with Crippen molar-refractivity contribution in [2.45, 2.75) is 26.3 Å². The van der Waals surface area contributed by atoms with Gasteiger partial charge in [-0.2, -0.15) is 0 Å². The molecule has 0 rings (SSSR count). The van der Waals surface area contributed by atoms with Crippen molar-refractivity contribution >= 4 is 6.09 Å². The lowest BCUT2D eigenvalue weighted by Gasteiger charge is -2.32. The minimum atomic E-state index is -0.388. The minimum absolute atomic E-state index is 0.274. The average molecular weight is 169 g/mol. The molecule has 0 unspecified atom stereocenters. The molecule has 0 aromatic heterocycles. The zero-order chi connectivity index (χ0) is 9.78. The first kappa shape index (κ1) is 10.8. The Labute approximate surface area is 73.7 Å². The van der Waals surface area contributed by atoms with Crippen LogP contribution in [-0.2, 0) is 4.74 Å². The van der Waals surface area contributed by atoms with Gasteiger partial charge in [-0.25, -0.2) is 4.79 Å². The first-order valence-corrected chi connectivity index (χ1v) is 3.72. The lowest BCUT2D eigenvalue weighted by molar-refractivity contribution is 0.0919. The Hall–Kier alpha value is -1.17. The van der Waals surface area contributed by atoms with E-state index in [2.05, 4.69) is 10.7 Å². The molecule has 0 atom stereocenters. The van der Waals surface area contributed by atoms with Crippen LogP contribution >= 0.6 is 0 Å². The van der Waals surface area contributed by atoms with E-state index in [1.165, 1.54) is 12.0 Å². The number of carbonyl (C=O) groups excluding carboxylic acids is 1. The predicted octanol–water partition coefficient (Wildman–Crippen LogP) is 1.49. The summed E-state index contributed by atoms with van der Waals surface area (Å²) in [5, 5.41) is 0. The van der Waals surface area contributed by atoms with Crippen LogP contribution in [-0.4, -0.2) is 30.2 Å². The van der Waals surface area contributed by atoms with E-state index in [-0.39, 0.29) is 18.2 Å². The molecule has 0 heterocycles. The number of hydrogen-bond donors (Lipinski definition) is 0. The van der Waals surface area contributed by atoms with Crippen molar-refractivity contribution in [3.8, 4) is 12.3 Å². The molecule has 0 aromatic carbocycles. The van der Waals surface area contributed by atoms with E-state index in [0.29, 0.717) is 0 Å². The maximum atomic E-state index is 11.2. The Balaban J connectivity index is 4.46. The third kappa shape index (κ3) is 2.83. The van der Waals surface area contributed by atoms with Gasteiger partial charge in [-0.15, -0.1) is 6.42 Å². The molecule has 0 aromatic rings. The van der Waals surface area contributed by atoms with E-state index in [4.69, 9.17) is 6.42 Å². The number of carbonyl (C=O) groups is 1. The lowest BCUT2D eigenvalue weighted by Crippen LogP contribution is -2.45. The van der Waals surface area contributed by atoms with Crippen molar-refractivity contribution in [2.75, 3.05) is 13.7 Å². The first-order chi connectivity index (χ1) is 5.43. The zero-order valence-corrected chi connectivity index (χ0v) is 8.05. The first-order valence-electron chi connectivity index (χ1n) is 3.72. The molecule has 0 aliphatic heterocycles. The summed E-state index contributed by atoms with van der Waals surface area (Å²) in [6.07, 6.45) is 4.73. The largest absolute Gasteiger partial charge is 0.453 e. The molecule has 0 aliphatic rings. The van der Waals surface area contributed by atoms with E-state index < -0.39 is 0 Å². The summed E-state index contributed by atoms with van der Waals surface area (Å²) in [4.78, 5) is 12.6. The van der Waals surface area contributed by atoms with Gasteiger partial charge in [0.05, 0.1) is 13.7 Å². The quantitative estimate of drug-likeness (QED) is 0.556. The third-order valence-corrected chi connectivity index (χ3v) is 1.45. The van der Waals surface area contributed by atoms with Crippen molar-refractivity contribution in [3.05, 3.63) is 0 Å². The maximum Gasteiger partial charge on any atom is 0.410 e. The van der Waals surface area contributed by atoms with Gasteiger partial charge in [-0.05, 0) is 20.8 Å². The maximum absolute atomic E-state index is 11.2. The van der Waals surface area contributed by atoms with Gasteiger partial charge in [0.15, 0.2) is 0 Å². The van der Waals surface area contributed by atoms with Crippen LogP contribution in [0.2, 0.25) is 0 Å². The molecule has 0 bridgehead atoms. The van der Waals surface area contributed by atoms with Crippen LogP contribution in [0.25, 0.3) is 0 Å². The molecule has 0 saturated carbocycles. The fourth-order valence-electron chi connectivity index (χ4n) is 0.777. The molecule has 0 radical (unpaired) electrons. The number of rotatable bonds is 1. The van der Waals surface area contributed by atoms with Crippen molar-refractivity contribution in [1.29, 1.82) is 0 Å². The molecule has 0 fully saturated rings. The summed E-state index contributed by atoms with van der Waals surface area (Å²) in [6, 6.07) is 0. The van der Waals surface area contributed by atoms with Gasteiger partial charge in [0.1, 0.15) is 0 Å². The Morgan fingerprint density at radius 1 is 1.58 bits per heavy atom. The van der Waals surface area contributed by atoms with Gasteiger partial charge in [0, 0.05) is 5.54 Å². The van der Waals surface area contributed by atoms with Crippen molar-refractivity contribution in [2.24, 2.45) is 0 Å². The highest BCUT2D eigenvalue weighted by Gasteiger charge is 2.25. The topological polar surface area (TPSA) is 29.5 Å². The second-order valence-corrected chi connectivity index (χ2v) is 3.43. The fraction of sp³-hybridized carbons (Fsp3) is 0.667. The third-order valence-electron chi connectivity index (χ3n) is 1.45. The number of ether oxygens (including phenoxy) is 1. The number of amides is 1. The van der Waals surface area contributed by atoms with Gasteiger partial charge < -0.3 is 4.74 Å². The van der Waals surface area contributed by atoms with Crippen molar-refractivity contribution in [3.63, 3.8) is 0 Å². The monoisotopic (exact) mass is 169 g/mol. The molecule has 0 aliphatic carbocycles. The number of methoxy groups -OCH3 is 1. The van der Waals surface area contributed by atoms with Gasteiger partial charge in [-0.1, -0.05) is 5.92 Å². The van der Waals surface area contributed by atoms with Gasteiger partial charge >= 0.3 is 6.09 Å². The van der Waals surface area contributed by atoms with E-state index >= 15 is 0 Å².